The number of Topliss-reactive ketones (excluding diaryl/α,β-unsaturated/α-hetero) is 1. The van der Waals surface area contributed by atoms with Crippen LogP contribution in [0.15, 0.2) is 90.1 Å². The molecule has 4 aromatic rings. The van der Waals surface area contributed by atoms with Gasteiger partial charge in [0.2, 0.25) is 10.0 Å². The van der Waals surface area contributed by atoms with Gasteiger partial charge in [-0.25, -0.2) is 22.2 Å². The van der Waals surface area contributed by atoms with Crippen LogP contribution in [0.1, 0.15) is 33.2 Å². The zero-order chi connectivity index (χ0) is 25.0. The number of benzene rings is 3. The van der Waals surface area contributed by atoms with Gasteiger partial charge in [0.1, 0.15) is 5.69 Å². The first-order valence-electron chi connectivity index (χ1n) is 10.5. The molecule has 1 heterocycles. The molecule has 35 heavy (non-hydrogen) atoms. The summed E-state index contributed by atoms with van der Waals surface area (Å²) < 4.78 is 43.3. The molecular weight excluding hydrogens is 471 g/mol. The Kier molecular flexibility index (Phi) is 6.85. The number of anilines is 1. The first-order chi connectivity index (χ1) is 16.7. The number of sulfonamides is 1. The van der Waals surface area contributed by atoms with Crippen molar-refractivity contribution in [3.8, 4) is 5.69 Å². The van der Waals surface area contributed by atoms with Crippen molar-refractivity contribution in [2.45, 2.75) is 18.4 Å². The van der Waals surface area contributed by atoms with Crippen LogP contribution in [0.5, 0.6) is 0 Å². The van der Waals surface area contributed by atoms with Crippen molar-refractivity contribution in [3.63, 3.8) is 0 Å². The average Bonchev–Trinajstić information content (AvgIpc) is 3.38. The summed E-state index contributed by atoms with van der Waals surface area (Å²) in [6.45, 7) is 1.42. The van der Waals surface area contributed by atoms with Crippen molar-refractivity contribution in [1.82, 2.24) is 14.5 Å². The van der Waals surface area contributed by atoms with Crippen molar-refractivity contribution in [1.29, 1.82) is 0 Å². The molecule has 0 atom stereocenters. The maximum atomic E-state index is 14.4. The number of aromatic nitrogens is 2. The molecule has 0 fully saturated rings. The van der Waals surface area contributed by atoms with Gasteiger partial charge in [0.15, 0.2) is 11.6 Å². The Labute approximate surface area is 201 Å². The number of rotatable bonds is 8. The molecule has 10 heteroatoms. The molecule has 1 amide bonds. The van der Waals surface area contributed by atoms with Crippen LogP contribution in [0, 0.1) is 5.82 Å². The summed E-state index contributed by atoms with van der Waals surface area (Å²) in [5, 5.41) is 6.62. The smallest absolute Gasteiger partial charge is 0.255 e. The molecule has 0 aliphatic heterocycles. The fraction of sp³-hybridized carbons (Fsp3) is 0.0800. The molecular formula is C25H21FN4O4S. The van der Waals surface area contributed by atoms with Gasteiger partial charge in [0.05, 0.1) is 4.90 Å². The predicted molar refractivity (Wildman–Crippen MR) is 128 cm³/mol. The van der Waals surface area contributed by atoms with Crippen molar-refractivity contribution < 1.29 is 22.4 Å². The lowest BCUT2D eigenvalue weighted by atomic mass is 10.1. The van der Waals surface area contributed by atoms with Crippen LogP contribution < -0.4 is 10.0 Å². The summed E-state index contributed by atoms with van der Waals surface area (Å²) in [4.78, 5) is 23.9. The number of carbonyl (C=O) groups excluding carboxylic acids is 2. The molecule has 0 radical (unpaired) electrons. The summed E-state index contributed by atoms with van der Waals surface area (Å²) in [5.41, 5.74) is 1.94. The van der Waals surface area contributed by atoms with Crippen LogP contribution >= 0.6 is 0 Å². The Morgan fingerprint density at radius 1 is 0.971 bits per heavy atom. The highest BCUT2D eigenvalue weighted by molar-refractivity contribution is 7.89. The van der Waals surface area contributed by atoms with E-state index in [0.29, 0.717) is 16.7 Å². The number of nitrogens with one attached hydrogen (secondary N) is 2. The first-order valence-corrected chi connectivity index (χ1v) is 12.0. The second kappa shape index (κ2) is 10.00. The SMILES string of the molecule is CC(=O)c1ccc(S(=O)(=O)NCc2ccc(C(=O)Nc3ccc(-n4cccn4)c(F)c3)cc2)cc1. The van der Waals surface area contributed by atoms with Crippen LogP contribution in [0.2, 0.25) is 0 Å². The molecule has 178 valence electrons. The average molecular weight is 493 g/mol. The summed E-state index contributed by atoms with van der Waals surface area (Å²) in [6, 6.07) is 18.0. The van der Waals surface area contributed by atoms with Crippen LogP contribution in [-0.2, 0) is 16.6 Å². The normalized spacial score (nSPS) is 11.3. The number of nitrogens with zero attached hydrogens (tertiary/aromatic N) is 2. The van der Waals surface area contributed by atoms with Gasteiger partial charge in [-0.05, 0) is 61.0 Å². The predicted octanol–water partition coefficient (Wildman–Crippen LogP) is 3.94. The molecule has 0 saturated carbocycles. The van der Waals surface area contributed by atoms with E-state index < -0.39 is 21.7 Å². The largest absolute Gasteiger partial charge is 0.322 e. The molecule has 1 aromatic heterocycles. The topological polar surface area (TPSA) is 110 Å². The molecule has 3 aromatic carbocycles. The second-order valence-electron chi connectivity index (χ2n) is 7.67. The molecule has 8 nitrogen and oxygen atoms in total. The van der Waals surface area contributed by atoms with Gasteiger partial charge in [-0.3, -0.25) is 9.59 Å². The fourth-order valence-corrected chi connectivity index (χ4v) is 4.31. The van der Waals surface area contributed by atoms with Gasteiger partial charge in [0, 0.05) is 35.8 Å². The molecule has 0 aliphatic rings. The maximum absolute atomic E-state index is 14.4. The lowest BCUT2D eigenvalue weighted by Crippen LogP contribution is -2.23. The highest BCUT2D eigenvalue weighted by Gasteiger charge is 2.15. The van der Waals surface area contributed by atoms with Gasteiger partial charge >= 0.3 is 0 Å². The standard InChI is InChI=1S/C25H21FN4O4S/c1-17(31)19-7-10-22(11-8-19)35(33,34)28-16-18-3-5-20(6-4-18)25(32)29-21-9-12-24(23(26)15-21)30-14-2-13-27-30/h2-15,28H,16H2,1H3,(H,29,32). The minimum Gasteiger partial charge on any atom is -0.322 e. The number of halogens is 1. The summed E-state index contributed by atoms with van der Waals surface area (Å²) in [7, 11) is -3.77. The Morgan fingerprint density at radius 2 is 1.66 bits per heavy atom. The lowest BCUT2D eigenvalue weighted by Gasteiger charge is -2.10. The highest BCUT2D eigenvalue weighted by atomic mass is 32.2. The van der Waals surface area contributed by atoms with Gasteiger partial charge in [-0.2, -0.15) is 5.10 Å². The number of hydrogen-bond donors (Lipinski definition) is 2. The molecule has 2 N–H and O–H groups in total. The number of ketones is 1. The van der Waals surface area contributed by atoms with Crippen LogP contribution in [-0.4, -0.2) is 29.9 Å². The Morgan fingerprint density at radius 3 is 2.26 bits per heavy atom. The van der Waals surface area contributed by atoms with Crippen molar-refractivity contribution in [3.05, 3.63) is 108 Å². The third-order valence-corrected chi connectivity index (χ3v) is 6.63. The van der Waals surface area contributed by atoms with Gasteiger partial charge < -0.3 is 5.32 Å². The lowest BCUT2D eigenvalue weighted by molar-refractivity contribution is 0.101. The third kappa shape index (κ3) is 5.68. The van der Waals surface area contributed by atoms with E-state index in [1.807, 2.05) is 0 Å². The monoisotopic (exact) mass is 492 g/mol. The van der Waals surface area contributed by atoms with E-state index in [9.17, 15) is 22.4 Å². The van der Waals surface area contributed by atoms with Crippen molar-refractivity contribution >= 4 is 27.4 Å². The first kappa shape index (κ1) is 24.0. The van der Waals surface area contributed by atoms with Gasteiger partial charge in [-0.1, -0.05) is 24.3 Å². The van der Waals surface area contributed by atoms with Crippen LogP contribution in [0.25, 0.3) is 5.69 Å². The zero-order valence-electron chi connectivity index (χ0n) is 18.6. The molecule has 0 unspecified atom stereocenters. The van der Waals surface area contributed by atoms with E-state index in [1.165, 1.54) is 54.2 Å². The zero-order valence-corrected chi connectivity index (χ0v) is 19.4. The van der Waals surface area contributed by atoms with Gasteiger partial charge in [0.25, 0.3) is 5.91 Å². The minimum absolute atomic E-state index is 0.0127. The minimum atomic E-state index is -3.77. The van der Waals surface area contributed by atoms with E-state index in [0.717, 1.165) is 0 Å². The van der Waals surface area contributed by atoms with E-state index in [2.05, 4.69) is 15.1 Å². The molecule has 0 saturated heterocycles. The Balaban J connectivity index is 1.37. The van der Waals surface area contributed by atoms with E-state index in [1.54, 1.807) is 42.6 Å². The summed E-state index contributed by atoms with van der Waals surface area (Å²) in [5.74, 6) is -1.12. The Bertz CT molecular complexity index is 1470. The fourth-order valence-electron chi connectivity index (χ4n) is 3.29. The highest BCUT2D eigenvalue weighted by Crippen LogP contribution is 2.19. The van der Waals surface area contributed by atoms with E-state index in [-0.39, 0.29) is 28.6 Å². The molecule has 0 bridgehead atoms. The van der Waals surface area contributed by atoms with Crippen LogP contribution in [0.3, 0.4) is 0 Å². The second-order valence-corrected chi connectivity index (χ2v) is 9.44. The number of amides is 1. The molecule has 0 aliphatic carbocycles. The maximum Gasteiger partial charge on any atom is 0.255 e. The quantitative estimate of drug-likeness (QED) is 0.362. The third-order valence-electron chi connectivity index (χ3n) is 5.21. The molecule has 0 spiro atoms. The summed E-state index contributed by atoms with van der Waals surface area (Å²) >= 11 is 0. The van der Waals surface area contributed by atoms with Crippen molar-refractivity contribution in [2.24, 2.45) is 0 Å². The van der Waals surface area contributed by atoms with Crippen molar-refractivity contribution in [2.75, 3.05) is 5.32 Å². The van der Waals surface area contributed by atoms with Crippen LogP contribution in [0.4, 0.5) is 10.1 Å². The van der Waals surface area contributed by atoms with E-state index >= 15 is 0 Å². The summed E-state index contributed by atoms with van der Waals surface area (Å²) in [6.07, 6.45) is 3.15. The Hall–Kier alpha value is -4.15. The number of hydrogen-bond acceptors (Lipinski definition) is 5. The molecule has 4 rings (SSSR count). The van der Waals surface area contributed by atoms with Gasteiger partial charge in [-0.15, -0.1) is 0 Å². The van der Waals surface area contributed by atoms with E-state index in [4.69, 9.17) is 0 Å². The number of carbonyl (C=O) groups is 2.